The summed E-state index contributed by atoms with van der Waals surface area (Å²) in [4.78, 5) is 0. The fourth-order valence-corrected chi connectivity index (χ4v) is 3.85. The third kappa shape index (κ3) is 8.93. The topological polar surface area (TPSA) is 0 Å². The molecule has 0 aromatic rings. The molecule has 0 aliphatic rings. The molecule has 0 spiro atoms. The van der Waals surface area contributed by atoms with Crippen LogP contribution in [0.5, 0.6) is 0 Å². The maximum absolute atomic E-state index is 2.46. The Morgan fingerprint density at radius 3 is 2.54 bits per heavy atom. The minimum atomic E-state index is 0.714. The van der Waals surface area contributed by atoms with Gasteiger partial charge in [-0.25, -0.2) is 0 Å². The summed E-state index contributed by atoms with van der Waals surface area (Å²) in [5, 5.41) is 0. The molecular formula is C11H22SSe. The first-order valence-corrected chi connectivity index (χ1v) is 8.77. The molecule has 13 heavy (non-hydrogen) atoms. The van der Waals surface area contributed by atoms with Crippen molar-refractivity contribution in [2.24, 2.45) is 0 Å². The van der Waals surface area contributed by atoms with Crippen molar-refractivity contribution in [1.82, 2.24) is 0 Å². The quantitative estimate of drug-likeness (QED) is 0.465. The summed E-state index contributed by atoms with van der Waals surface area (Å²) in [5.41, 5.74) is 0. The average Bonchev–Trinajstić information content (AvgIpc) is 2.16. The molecule has 0 bridgehead atoms. The third-order valence-electron chi connectivity index (χ3n) is 1.86. The van der Waals surface area contributed by atoms with E-state index in [1.165, 1.54) is 37.9 Å². The summed E-state index contributed by atoms with van der Waals surface area (Å²) < 4.78 is 1.64. The van der Waals surface area contributed by atoms with Gasteiger partial charge in [-0.05, 0) is 0 Å². The molecule has 0 aromatic heterocycles. The van der Waals surface area contributed by atoms with Gasteiger partial charge in [-0.15, -0.1) is 0 Å². The van der Waals surface area contributed by atoms with Crippen molar-refractivity contribution in [3.8, 4) is 0 Å². The predicted octanol–water partition coefficient (Wildman–Crippen LogP) is 4.30. The van der Waals surface area contributed by atoms with Crippen LogP contribution in [0.1, 0.15) is 46.0 Å². The Morgan fingerprint density at radius 1 is 1.23 bits per heavy atom. The normalized spacial score (nSPS) is 12.1. The third-order valence-corrected chi connectivity index (χ3v) is 5.40. The number of allylic oxidation sites excluding steroid dienone is 1. The zero-order chi connectivity index (χ0) is 9.94. The van der Waals surface area contributed by atoms with E-state index in [0.717, 1.165) is 0 Å². The van der Waals surface area contributed by atoms with Crippen molar-refractivity contribution in [2.45, 2.75) is 51.8 Å². The van der Waals surface area contributed by atoms with Gasteiger partial charge in [0.05, 0.1) is 0 Å². The fraction of sp³-hybridized carbons (Fsp3) is 0.818. The van der Waals surface area contributed by atoms with E-state index in [0.29, 0.717) is 15.0 Å². The van der Waals surface area contributed by atoms with Crippen LogP contribution >= 0.6 is 11.8 Å². The van der Waals surface area contributed by atoms with Gasteiger partial charge in [-0.1, -0.05) is 0 Å². The number of hydrogen-bond acceptors (Lipinski definition) is 1. The van der Waals surface area contributed by atoms with Gasteiger partial charge in [-0.2, -0.15) is 0 Å². The maximum atomic E-state index is 2.46. The molecule has 0 heterocycles. The molecule has 0 saturated carbocycles. The molecule has 0 amide bonds. The van der Waals surface area contributed by atoms with Crippen LogP contribution in [0.4, 0.5) is 0 Å². The second-order valence-electron chi connectivity index (χ2n) is 3.01. The van der Waals surface area contributed by atoms with Crippen molar-refractivity contribution >= 4 is 26.7 Å². The average molecular weight is 265 g/mol. The Morgan fingerprint density at radius 2 is 2.00 bits per heavy atom. The first-order chi connectivity index (χ1) is 6.35. The molecule has 0 aliphatic carbocycles. The van der Waals surface area contributed by atoms with Crippen LogP contribution < -0.4 is 0 Å². The zero-order valence-corrected chi connectivity index (χ0v) is 11.7. The van der Waals surface area contributed by atoms with Gasteiger partial charge < -0.3 is 0 Å². The number of unbranched alkanes of at least 4 members (excludes halogenated alkanes) is 4. The molecule has 0 rings (SSSR count). The van der Waals surface area contributed by atoms with Crippen LogP contribution in [0.3, 0.4) is 0 Å². The molecular weight excluding hydrogens is 243 g/mol. The van der Waals surface area contributed by atoms with Crippen LogP contribution in [-0.4, -0.2) is 20.7 Å². The number of hydrogen-bond donors (Lipinski definition) is 0. The Bertz CT molecular complexity index is 132. The zero-order valence-electron chi connectivity index (χ0n) is 9.14. The predicted molar refractivity (Wildman–Crippen MR) is 66.6 cm³/mol. The van der Waals surface area contributed by atoms with Crippen molar-refractivity contribution in [3.05, 3.63) is 9.88 Å². The van der Waals surface area contributed by atoms with E-state index in [-0.39, 0.29) is 0 Å². The van der Waals surface area contributed by atoms with Gasteiger partial charge in [-0.3, -0.25) is 0 Å². The van der Waals surface area contributed by atoms with Gasteiger partial charge in [0.1, 0.15) is 0 Å². The van der Waals surface area contributed by atoms with Gasteiger partial charge in [0.15, 0.2) is 0 Å². The second-order valence-corrected chi connectivity index (χ2v) is 6.68. The Balaban J connectivity index is 3.42. The first kappa shape index (κ1) is 13.6. The summed E-state index contributed by atoms with van der Waals surface area (Å²) in [6, 6.07) is 0. The molecule has 0 N–H and O–H groups in total. The van der Waals surface area contributed by atoms with E-state index >= 15 is 0 Å². The SMILES string of the molecule is CCCCCC/C=C(/SCC)[Se]C. The molecule has 0 aromatic carbocycles. The summed E-state index contributed by atoms with van der Waals surface area (Å²) >= 11 is 2.74. The van der Waals surface area contributed by atoms with Gasteiger partial charge in [0.25, 0.3) is 0 Å². The Kier molecular flexibility index (Phi) is 11.2. The van der Waals surface area contributed by atoms with Crippen LogP contribution in [0.25, 0.3) is 0 Å². The van der Waals surface area contributed by atoms with E-state index < -0.39 is 0 Å². The van der Waals surface area contributed by atoms with E-state index in [1.54, 1.807) is 3.80 Å². The molecule has 0 nitrogen and oxygen atoms in total. The summed E-state index contributed by atoms with van der Waals surface area (Å²) in [5.74, 6) is 3.55. The molecule has 0 unspecified atom stereocenters. The van der Waals surface area contributed by atoms with Crippen molar-refractivity contribution in [2.75, 3.05) is 5.75 Å². The molecule has 0 saturated heterocycles. The molecule has 0 atom stereocenters. The van der Waals surface area contributed by atoms with Crippen LogP contribution in [0.2, 0.25) is 5.82 Å². The second kappa shape index (κ2) is 10.7. The molecule has 0 fully saturated rings. The Hall–Kier alpha value is 0.609. The van der Waals surface area contributed by atoms with Crippen LogP contribution in [0.15, 0.2) is 9.88 Å². The fourth-order valence-electron chi connectivity index (χ4n) is 1.13. The van der Waals surface area contributed by atoms with Gasteiger partial charge in [0.2, 0.25) is 0 Å². The first-order valence-electron chi connectivity index (χ1n) is 5.22. The monoisotopic (exact) mass is 266 g/mol. The van der Waals surface area contributed by atoms with Crippen molar-refractivity contribution in [3.63, 3.8) is 0 Å². The van der Waals surface area contributed by atoms with E-state index in [4.69, 9.17) is 0 Å². The minimum absolute atomic E-state index is 0.714. The molecule has 0 aliphatic heterocycles. The molecule has 2 heteroatoms. The van der Waals surface area contributed by atoms with Gasteiger partial charge in [0, 0.05) is 0 Å². The van der Waals surface area contributed by atoms with Crippen molar-refractivity contribution in [1.29, 1.82) is 0 Å². The number of rotatable bonds is 8. The van der Waals surface area contributed by atoms with E-state index in [9.17, 15) is 0 Å². The van der Waals surface area contributed by atoms with Crippen LogP contribution in [-0.2, 0) is 0 Å². The standard InChI is InChI=1S/C11H22SSe/c1-4-6-7-8-9-10-11(13-3)12-5-2/h10H,4-9H2,1-3H3/b11-10-. The van der Waals surface area contributed by atoms with Crippen molar-refractivity contribution < 1.29 is 0 Å². The van der Waals surface area contributed by atoms with Gasteiger partial charge >= 0.3 is 94.1 Å². The van der Waals surface area contributed by atoms with Crippen LogP contribution in [0, 0.1) is 0 Å². The van der Waals surface area contributed by atoms with E-state index in [1.807, 2.05) is 11.8 Å². The Labute approximate surface area is 94.1 Å². The molecule has 78 valence electrons. The molecule has 0 radical (unpaired) electrons. The summed E-state index contributed by atoms with van der Waals surface area (Å²) in [6.45, 7) is 4.50. The summed E-state index contributed by atoms with van der Waals surface area (Å²) in [6.07, 6.45) is 9.31. The summed E-state index contributed by atoms with van der Waals surface area (Å²) in [7, 11) is 0. The van der Waals surface area contributed by atoms with E-state index in [2.05, 4.69) is 25.7 Å². The number of thioether (sulfide) groups is 1.